The Bertz CT molecular complexity index is 483. The van der Waals surface area contributed by atoms with Gasteiger partial charge in [-0.15, -0.1) is 0 Å². The molecule has 0 amide bonds. The van der Waals surface area contributed by atoms with E-state index >= 15 is 0 Å². The zero-order valence-electron chi connectivity index (χ0n) is 17.3. The van der Waals surface area contributed by atoms with Crippen molar-refractivity contribution < 1.29 is 19.1 Å². The fraction of sp³-hybridized carbons (Fsp3) is 0.826. The highest BCUT2D eigenvalue weighted by molar-refractivity contribution is 5.86. The highest BCUT2D eigenvalue weighted by atomic mass is 16.5. The number of hydrogen-bond acceptors (Lipinski definition) is 4. The van der Waals surface area contributed by atoms with Gasteiger partial charge in [-0.1, -0.05) is 39.2 Å². The van der Waals surface area contributed by atoms with Crippen molar-refractivity contribution >= 4 is 11.9 Å². The monoisotopic (exact) mass is 378 g/mol. The molecule has 0 aromatic heterocycles. The van der Waals surface area contributed by atoms with Gasteiger partial charge in [0.05, 0.1) is 19.1 Å². The first-order valence-electron chi connectivity index (χ1n) is 11.0. The first kappa shape index (κ1) is 22.0. The smallest absolute Gasteiger partial charge is 0.333 e. The number of hydrogen-bond donors (Lipinski definition) is 0. The van der Waals surface area contributed by atoms with Gasteiger partial charge in [0.25, 0.3) is 0 Å². The highest BCUT2D eigenvalue weighted by Gasteiger charge is 2.33. The van der Waals surface area contributed by atoms with Crippen LogP contribution in [0.5, 0.6) is 0 Å². The lowest BCUT2D eigenvalue weighted by molar-refractivity contribution is -0.150. The van der Waals surface area contributed by atoms with Crippen LogP contribution in [0.25, 0.3) is 0 Å². The van der Waals surface area contributed by atoms with E-state index in [1.807, 2.05) is 0 Å². The molecule has 2 aliphatic rings. The van der Waals surface area contributed by atoms with Crippen molar-refractivity contribution in [3.63, 3.8) is 0 Å². The van der Waals surface area contributed by atoms with Gasteiger partial charge in [0.1, 0.15) is 0 Å². The Hall–Kier alpha value is -1.32. The molecule has 0 atom stereocenters. The molecular formula is C23H38O4. The van der Waals surface area contributed by atoms with Crippen LogP contribution in [0, 0.1) is 23.7 Å². The second kappa shape index (κ2) is 11.5. The summed E-state index contributed by atoms with van der Waals surface area (Å²) < 4.78 is 10.4. The average Bonchev–Trinajstić information content (AvgIpc) is 2.68. The predicted octanol–water partition coefficient (Wildman–Crippen LogP) is 5.45. The van der Waals surface area contributed by atoms with Crippen LogP contribution in [0.3, 0.4) is 0 Å². The molecule has 0 radical (unpaired) electrons. The average molecular weight is 379 g/mol. The van der Waals surface area contributed by atoms with Crippen LogP contribution in [0.4, 0.5) is 0 Å². The standard InChI is InChI=1S/C23H38O4/c1-4-6-18-7-9-19(10-8-18)20-11-13-21(14-12-20)23(25)27-16-5-15-26-22(24)17(2)3/h18-21H,2,4-16H2,1,3H3. The maximum atomic E-state index is 12.3. The molecule has 154 valence electrons. The van der Waals surface area contributed by atoms with E-state index in [4.69, 9.17) is 9.47 Å². The van der Waals surface area contributed by atoms with Crippen molar-refractivity contribution in [2.45, 2.75) is 84.5 Å². The van der Waals surface area contributed by atoms with E-state index in [0.717, 1.165) is 30.6 Å². The SMILES string of the molecule is C=C(C)C(=O)OCCCOC(=O)C1CCC(C2CCC(CCC)CC2)CC1. The zero-order chi connectivity index (χ0) is 19.6. The minimum absolute atomic E-state index is 0.0636. The van der Waals surface area contributed by atoms with Crippen molar-refractivity contribution in [2.24, 2.45) is 23.7 Å². The molecule has 0 saturated heterocycles. The van der Waals surface area contributed by atoms with E-state index < -0.39 is 0 Å². The lowest BCUT2D eigenvalue weighted by Crippen LogP contribution is -2.29. The van der Waals surface area contributed by atoms with Gasteiger partial charge in [0, 0.05) is 12.0 Å². The lowest BCUT2D eigenvalue weighted by atomic mass is 9.69. The van der Waals surface area contributed by atoms with Crippen LogP contribution in [-0.2, 0) is 19.1 Å². The van der Waals surface area contributed by atoms with Crippen LogP contribution < -0.4 is 0 Å². The second-order valence-corrected chi connectivity index (χ2v) is 8.62. The minimum atomic E-state index is -0.386. The molecule has 2 rings (SSSR count). The Kier molecular flexibility index (Phi) is 9.36. The Balaban J connectivity index is 1.58. The van der Waals surface area contributed by atoms with Gasteiger partial charge in [-0.25, -0.2) is 4.79 Å². The molecule has 0 aliphatic heterocycles. The molecule has 2 saturated carbocycles. The molecule has 0 unspecified atom stereocenters. The van der Waals surface area contributed by atoms with Gasteiger partial charge in [-0.3, -0.25) is 4.79 Å². The summed E-state index contributed by atoms with van der Waals surface area (Å²) in [6.45, 7) is 8.04. The minimum Gasteiger partial charge on any atom is -0.465 e. The second-order valence-electron chi connectivity index (χ2n) is 8.62. The van der Waals surface area contributed by atoms with Crippen LogP contribution in [-0.4, -0.2) is 25.2 Å². The van der Waals surface area contributed by atoms with E-state index in [1.54, 1.807) is 6.92 Å². The van der Waals surface area contributed by atoms with Crippen LogP contribution >= 0.6 is 0 Å². The van der Waals surface area contributed by atoms with Gasteiger partial charge in [0.15, 0.2) is 0 Å². The maximum Gasteiger partial charge on any atom is 0.333 e. The number of ether oxygens (including phenoxy) is 2. The van der Waals surface area contributed by atoms with E-state index in [2.05, 4.69) is 13.5 Å². The van der Waals surface area contributed by atoms with Crippen LogP contribution in [0.2, 0.25) is 0 Å². The summed E-state index contributed by atoms with van der Waals surface area (Å²) in [5, 5.41) is 0. The number of rotatable bonds is 9. The molecule has 4 heteroatoms. The topological polar surface area (TPSA) is 52.6 Å². The molecule has 0 N–H and O–H groups in total. The largest absolute Gasteiger partial charge is 0.465 e. The quantitative estimate of drug-likeness (QED) is 0.304. The molecule has 0 spiro atoms. The molecule has 0 heterocycles. The van der Waals surface area contributed by atoms with E-state index in [1.165, 1.54) is 51.4 Å². The summed E-state index contributed by atoms with van der Waals surface area (Å²) in [4.78, 5) is 23.5. The fourth-order valence-corrected chi connectivity index (χ4v) is 4.82. The summed E-state index contributed by atoms with van der Waals surface area (Å²) >= 11 is 0. The first-order valence-corrected chi connectivity index (χ1v) is 11.0. The number of esters is 2. The van der Waals surface area contributed by atoms with Crippen LogP contribution in [0.15, 0.2) is 12.2 Å². The number of carbonyl (C=O) groups excluding carboxylic acids is 2. The summed E-state index contributed by atoms with van der Waals surface area (Å²) in [5.74, 6) is 2.29. The van der Waals surface area contributed by atoms with Crippen molar-refractivity contribution in [1.29, 1.82) is 0 Å². The predicted molar refractivity (Wildman–Crippen MR) is 107 cm³/mol. The number of carbonyl (C=O) groups is 2. The Labute approximate surface area is 165 Å². The maximum absolute atomic E-state index is 12.3. The summed E-state index contributed by atoms with van der Waals surface area (Å²) in [7, 11) is 0. The van der Waals surface area contributed by atoms with Crippen molar-refractivity contribution in [3.8, 4) is 0 Å². The van der Waals surface area contributed by atoms with Gasteiger partial charge >= 0.3 is 11.9 Å². The van der Waals surface area contributed by atoms with Crippen molar-refractivity contribution in [3.05, 3.63) is 12.2 Å². The molecule has 2 aliphatic carbocycles. The molecule has 0 aromatic rings. The zero-order valence-corrected chi connectivity index (χ0v) is 17.3. The Morgan fingerprint density at radius 2 is 1.44 bits per heavy atom. The van der Waals surface area contributed by atoms with Gasteiger partial charge < -0.3 is 9.47 Å². The third kappa shape index (κ3) is 7.31. The Morgan fingerprint density at radius 1 is 0.889 bits per heavy atom. The normalized spacial score (nSPS) is 28.4. The molecule has 0 bridgehead atoms. The first-order chi connectivity index (χ1) is 13.0. The van der Waals surface area contributed by atoms with Gasteiger partial charge in [0.2, 0.25) is 0 Å². The summed E-state index contributed by atoms with van der Waals surface area (Å²) in [5.41, 5.74) is 0.391. The van der Waals surface area contributed by atoms with Gasteiger partial charge in [-0.2, -0.15) is 0 Å². The van der Waals surface area contributed by atoms with E-state index in [0.29, 0.717) is 18.6 Å². The third-order valence-corrected chi connectivity index (χ3v) is 6.47. The third-order valence-electron chi connectivity index (χ3n) is 6.47. The van der Waals surface area contributed by atoms with E-state index in [-0.39, 0.29) is 24.5 Å². The van der Waals surface area contributed by atoms with Crippen molar-refractivity contribution in [2.75, 3.05) is 13.2 Å². The molecule has 27 heavy (non-hydrogen) atoms. The Morgan fingerprint density at radius 3 is 2.00 bits per heavy atom. The lowest BCUT2D eigenvalue weighted by Gasteiger charge is -2.37. The van der Waals surface area contributed by atoms with Crippen molar-refractivity contribution in [1.82, 2.24) is 0 Å². The molecule has 4 nitrogen and oxygen atoms in total. The molecular weight excluding hydrogens is 340 g/mol. The van der Waals surface area contributed by atoms with E-state index in [9.17, 15) is 9.59 Å². The van der Waals surface area contributed by atoms with Gasteiger partial charge in [-0.05, 0) is 63.2 Å². The molecule has 2 fully saturated rings. The highest BCUT2D eigenvalue weighted by Crippen LogP contribution is 2.42. The summed E-state index contributed by atoms with van der Waals surface area (Å²) in [6, 6.07) is 0. The van der Waals surface area contributed by atoms with Crippen LogP contribution in [0.1, 0.15) is 84.5 Å². The fourth-order valence-electron chi connectivity index (χ4n) is 4.82. The summed E-state index contributed by atoms with van der Waals surface area (Å²) in [6.07, 6.45) is 13.2. The molecule has 0 aromatic carbocycles.